The van der Waals surface area contributed by atoms with Crippen LogP contribution in [0.1, 0.15) is 34.2 Å². The van der Waals surface area contributed by atoms with Crippen LogP contribution >= 0.6 is 23.2 Å². The lowest BCUT2D eigenvalue weighted by Gasteiger charge is -2.27. The summed E-state index contributed by atoms with van der Waals surface area (Å²) in [7, 11) is 0.687. The van der Waals surface area contributed by atoms with Crippen molar-refractivity contribution in [1.29, 1.82) is 0 Å². The molecule has 0 fully saturated rings. The van der Waals surface area contributed by atoms with Crippen molar-refractivity contribution in [3.63, 3.8) is 0 Å². The van der Waals surface area contributed by atoms with Gasteiger partial charge in [-0.25, -0.2) is 9.97 Å². The Labute approximate surface area is 256 Å². The normalized spacial score (nSPS) is 14.7. The van der Waals surface area contributed by atoms with Gasteiger partial charge in [-0.2, -0.15) is 13.4 Å². The minimum Gasteiger partial charge on any atom is -0.480 e. The predicted molar refractivity (Wildman–Crippen MR) is 159 cm³/mol. The van der Waals surface area contributed by atoms with Gasteiger partial charge in [-0.15, -0.1) is 0 Å². The summed E-state index contributed by atoms with van der Waals surface area (Å²) in [6.45, 7) is 0.0424. The van der Waals surface area contributed by atoms with Crippen LogP contribution in [-0.2, 0) is 27.9 Å². The van der Waals surface area contributed by atoms with Gasteiger partial charge in [0.1, 0.15) is 17.6 Å². The zero-order valence-electron chi connectivity index (χ0n) is 23.4. The van der Waals surface area contributed by atoms with E-state index in [0.29, 0.717) is 21.8 Å². The Morgan fingerprint density at radius 3 is 2.40 bits per heavy atom. The van der Waals surface area contributed by atoms with Crippen molar-refractivity contribution >= 4 is 44.9 Å². The van der Waals surface area contributed by atoms with Crippen LogP contribution in [-0.4, -0.2) is 65.5 Å². The molecule has 226 valence electrons. The van der Waals surface area contributed by atoms with E-state index in [4.69, 9.17) is 41.8 Å². The van der Waals surface area contributed by atoms with Crippen LogP contribution < -0.4 is 19.9 Å². The minimum atomic E-state index is -3.68. The summed E-state index contributed by atoms with van der Waals surface area (Å²) < 4.78 is 41.9. The van der Waals surface area contributed by atoms with E-state index in [1.54, 1.807) is 28.8 Å². The third-order valence-corrected chi connectivity index (χ3v) is 7.75. The highest BCUT2D eigenvalue weighted by atomic mass is 35.5. The van der Waals surface area contributed by atoms with Gasteiger partial charge >= 0.3 is 6.01 Å². The second kappa shape index (κ2) is 12.0. The molecule has 0 saturated heterocycles. The first-order chi connectivity index (χ1) is 20.4. The second-order valence-electron chi connectivity index (χ2n) is 9.57. The molecule has 1 atom stereocenters. The number of halogens is 2. The summed E-state index contributed by atoms with van der Waals surface area (Å²) in [5.41, 5.74) is 1.11. The third kappa shape index (κ3) is 5.95. The van der Waals surface area contributed by atoms with E-state index in [-0.39, 0.29) is 53.7 Å². The van der Waals surface area contributed by atoms with Gasteiger partial charge in [0.2, 0.25) is 5.88 Å². The van der Waals surface area contributed by atoms with Crippen LogP contribution in [0.4, 0.5) is 5.69 Å². The van der Waals surface area contributed by atoms with Crippen molar-refractivity contribution in [3.05, 3.63) is 80.1 Å². The van der Waals surface area contributed by atoms with E-state index in [1.165, 1.54) is 49.2 Å². The predicted octanol–water partition coefficient (Wildman–Crippen LogP) is 3.48. The molecule has 1 aliphatic heterocycles. The number of nitrogens with zero attached hydrogens (tertiary/aromatic N) is 6. The van der Waals surface area contributed by atoms with Gasteiger partial charge in [0, 0.05) is 31.0 Å². The number of aromatic nitrogens is 5. The molecule has 0 bridgehead atoms. The summed E-state index contributed by atoms with van der Waals surface area (Å²) in [5.74, 6) is -0.120. The maximum atomic E-state index is 14.2. The number of methoxy groups -OCH3 is 2. The van der Waals surface area contributed by atoms with E-state index in [2.05, 4.69) is 9.97 Å². The minimum absolute atomic E-state index is 0.0526. The number of anilines is 1. The van der Waals surface area contributed by atoms with Crippen LogP contribution in [0.5, 0.6) is 11.9 Å². The Bertz CT molecular complexity index is 1880. The van der Waals surface area contributed by atoms with Crippen molar-refractivity contribution in [2.45, 2.75) is 19.0 Å². The molecular weight excluding hydrogens is 623 g/mol. The molecular formula is C27H26Cl2N6O7S. The molecule has 1 aromatic carbocycles. The van der Waals surface area contributed by atoms with E-state index in [0.717, 1.165) is 6.26 Å². The van der Waals surface area contributed by atoms with E-state index in [9.17, 15) is 18.0 Å². The van der Waals surface area contributed by atoms with E-state index in [1.807, 2.05) is 0 Å². The highest BCUT2D eigenvalue weighted by molar-refractivity contribution is 7.85. The number of hydrogen-bond acceptors (Lipinski definition) is 10. The number of aryl methyl sites for hydroxylation is 1. The van der Waals surface area contributed by atoms with Gasteiger partial charge in [0.05, 0.1) is 43.4 Å². The van der Waals surface area contributed by atoms with Crippen molar-refractivity contribution in [1.82, 2.24) is 24.1 Å². The molecule has 1 aliphatic rings. The number of amides is 1. The monoisotopic (exact) mass is 648 g/mol. The highest BCUT2D eigenvalue weighted by Crippen LogP contribution is 2.44. The van der Waals surface area contributed by atoms with Crippen LogP contribution in [0.2, 0.25) is 10.0 Å². The van der Waals surface area contributed by atoms with Crippen molar-refractivity contribution in [2.75, 3.05) is 32.0 Å². The van der Waals surface area contributed by atoms with Gasteiger partial charge in [0.15, 0.2) is 5.69 Å². The lowest BCUT2D eigenvalue weighted by molar-refractivity contribution is 0.0989. The van der Waals surface area contributed by atoms with Crippen molar-refractivity contribution in [2.24, 2.45) is 7.05 Å². The standard InChI is InChI=1S/C27H26Cl2N6O7S/c1-33-14-17(29)12-19(25(33)36)35-21(15-6-8-16(28)9-7-15)22-20(26(35)37)31-23(34(22)10-5-11-42-43(4,38)39)18-13-30-27(41-3)32-24(18)40-2/h6-9,12-14,21H,5,10-11H2,1-4H3. The summed E-state index contributed by atoms with van der Waals surface area (Å²) >= 11 is 12.5. The highest BCUT2D eigenvalue weighted by Gasteiger charge is 2.45. The number of benzene rings is 1. The lowest BCUT2D eigenvalue weighted by Crippen LogP contribution is -2.36. The largest absolute Gasteiger partial charge is 0.480 e. The zero-order chi connectivity index (χ0) is 31.1. The van der Waals surface area contributed by atoms with Crippen LogP contribution in [0.25, 0.3) is 11.4 Å². The topological polar surface area (TPSA) is 148 Å². The van der Waals surface area contributed by atoms with Crippen LogP contribution in [0.3, 0.4) is 0 Å². The Morgan fingerprint density at radius 1 is 1.02 bits per heavy atom. The molecule has 4 heterocycles. The summed E-state index contributed by atoms with van der Waals surface area (Å²) in [6, 6.07) is 7.50. The smallest absolute Gasteiger partial charge is 0.319 e. The SMILES string of the molecule is COc1ncc(-c2nc3c(n2CCCOS(C)(=O)=O)C(c2ccc(Cl)cc2)N(c2cc(Cl)cn(C)c2=O)C3=O)c(OC)n1. The maximum Gasteiger partial charge on any atom is 0.319 e. The lowest BCUT2D eigenvalue weighted by atomic mass is 10.0. The number of fused-ring (bicyclic) bond motifs is 1. The zero-order valence-corrected chi connectivity index (χ0v) is 25.8. The Balaban J connectivity index is 1.75. The van der Waals surface area contributed by atoms with Gasteiger partial charge in [-0.05, 0) is 30.2 Å². The molecule has 5 rings (SSSR count). The molecule has 1 unspecified atom stereocenters. The molecule has 0 N–H and O–H groups in total. The molecule has 0 aliphatic carbocycles. The third-order valence-electron chi connectivity index (χ3n) is 6.69. The first-order valence-corrected chi connectivity index (χ1v) is 15.4. The van der Waals surface area contributed by atoms with Crippen LogP contribution in [0, 0.1) is 0 Å². The average molecular weight is 650 g/mol. The molecule has 0 spiro atoms. The molecule has 1 amide bonds. The van der Waals surface area contributed by atoms with Gasteiger partial charge in [-0.3, -0.25) is 18.7 Å². The fourth-order valence-electron chi connectivity index (χ4n) is 4.90. The quantitative estimate of drug-likeness (QED) is 0.185. The maximum absolute atomic E-state index is 14.2. The van der Waals surface area contributed by atoms with Crippen molar-refractivity contribution in [3.8, 4) is 23.3 Å². The van der Waals surface area contributed by atoms with Gasteiger partial charge < -0.3 is 18.6 Å². The molecule has 0 radical (unpaired) electrons. The first-order valence-electron chi connectivity index (χ1n) is 12.8. The molecule has 4 aromatic rings. The number of carbonyl (C=O) groups excluding carboxylic acids is 1. The fourth-order valence-corrected chi connectivity index (χ4v) is 5.70. The molecule has 43 heavy (non-hydrogen) atoms. The number of rotatable bonds is 10. The van der Waals surface area contributed by atoms with Gasteiger partial charge in [-0.1, -0.05) is 35.3 Å². The van der Waals surface area contributed by atoms with E-state index >= 15 is 0 Å². The van der Waals surface area contributed by atoms with Crippen LogP contribution in [0.15, 0.2) is 47.5 Å². The fraction of sp³-hybridized carbons (Fsp3) is 0.296. The van der Waals surface area contributed by atoms with E-state index < -0.39 is 27.6 Å². The Morgan fingerprint density at radius 2 is 1.74 bits per heavy atom. The number of pyridine rings is 1. The Hall–Kier alpha value is -3.98. The number of hydrogen-bond donors (Lipinski definition) is 0. The summed E-state index contributed by atoms with van der Waals surface area (Å²) in [4.78, 5) is 42.0. The Kier molecular flexibility index (Phi) is 8.47. The molecule has 13 nitrogen and oxygen atoms in total. The second-order valence-corrected chi connectivity index (χ2v) is 12.1. The summed E-state index contributed by atoms with van der Waals surface area (Å²) in [6.07, 6.45) is 4.10. The first kappa shape index (κ1) is 30.5. The molecule has 16 heteroatoms. The molecule has 0 saturated carbocycles. The van der Waals surface area contributed by atoms with Gasteiger partial charge in [0.25, 0.3) is 21.6 Å². The average Bonchev–Trinajstić information content (AvgIpc) is 3.47. The number of ether oxygens (including phenoxy) is 2. The molecule has 3 aromatic heterocycles. The number of imidazole rings is 1. The number of carbonyl (C=O) groups is 1. The van der Waals surface area contributed by atoms with Crippen molar-refractivity contribution < 1.29 is 26.9 Å². The summed E-state index contributed by atoms with van der Waals surface area (Å²) in [5, 5.41) is 0.733.